The zero-order valence-electron chi connectivity index (χ0n) is 13.6. The first-order chi connectivity index (χ1) is 11.3. The van der Waals surface area contributed by atoms with Gasteiger partial charge in [-0.2, -0.15) is 0 Å². The number of carbonyl (C=O) groups excluding carboxylic acids is 2. The molecule has 1 aliphatic carbocycles. The van der Waals surface area contributed by atoms with Crippen molar-refractivity contribution in [3.8, 4) is 0 Å². The summed E-state index contributed by atoms with van der Waals surface area (Å²) in [7, 11) is 0. The lowest BCUT2D eigenvalue weighted by molar-refractivity contribution is -0.122. The van der Waals surface area contributed by atoms with Gasteiger partial charge in [0.2, 0.25) is 5.91 Å². The van der Waals surface area contributed by atoms with Crippen molar-refractivity contribution in [3.63, 3.8) is 0 Å². The summed E-state index contributed by atoms with van der Waals surface area (Å²) < 4.78 is 0. The predicted octanol–water partition coefficient (Wildman–Crippen LogP) is 2.22. The molecule has 1 aromatic heterocycles. The molecule has 0 saturated heterocycles. The third kappa shape index (κ3) is 6.76. The van der Waals surface area contributed by atoms with E-state index in [-0.39, 0.29) is 11.8 Å². The van der Waals surface area contributed by atoms with Gasteiger partial charge in [0, 0.05) is 31.4 Å². The maximum atomic E-state index is 12.0. The van der Waals surface area contributed by atoms with Crippen LogP contribution < -0.4 is 10.6 Å². The molecule has 2 amide bonds. The van der Waals surface area contributed by atoms with Gasteiger partial charge in [-0.1, -0.05) is 32.1 Å². The number of nitrogens with zero attached hydrogens (tertiary/aromatic N) is 2. The fraction of sp³-hybridized carbons (Fsp3) is 0.647. The Morgan fingerprint density at radius 2 is 1.83 bits per heavy atom. The Hall–Kier alpha value is -1.98. The lowest BCUT2D eigenvalue weighted by Crippen LogP contribution is -2.35. The number of nitrogens with one attached hydrogen (secondary N) is 2. The van der Waals surface area contributed by atoms with Gasteiger partial charge in [0.05, 0.1) is 6.20 Å². The zero-order valence-corrected chi connectivity index (χ0v) is 13.6. The summed E-state index contributed by atoms with van der Waals surface area (Å²) in [5.41, 5.74) is 0.298. The molecule has 1 aliphatic rings. The molecule has 23 heavy (non-hydrogen) atoms. The Balaban J connectivity index is 1.60. The molecule has 1 aromatic rings. The molecule has 2 N–H and O–H groups in total. The highest BCUT2D eigenvalue weighted by Gasteiger charge is 2.14. The van der Waals surface area contributed by atoms with Gasteiger partial charge in [-0.25, -0.2) is 4.98 Å². The van der Waals surface area contributed by atoms with Crippen LogP contribution in [-0.4, -0.2) is 34.4 Å². The molecule has 0 unspecified atom stereocenters. The number of hydrogen-bond acceptors (Lipinski definition) is 4. The van der Waals surface area contributed by atoms with Gasteiger partial charge in [0.15, 0.2) is 0 Å². The van der Waals surface area contributed by atoms with Crippen molar-refractivity contribution in [2.75, 3.05) is 6.54 Å². The largest absolute Gasteiger partial charge is 0.353 e. The van der Waals surface area contributed by atoms with Crippen molar-refractivity contribution in [1.82, 2.24) is 20.6 Å². The maximum absolute atomic E-state index is 12.0. The number of aromatic nitrogens is 2. The van der Waals surface area contributed by atoms with Gasteiger partial charge in [0.25, 0.3) is 5.91 Å². The second-order valence-electron chi connectivity index (χ2n) is 6.06. The minimum Gasteiger partial charge on any atom is -0.353 e. The van der Waals surface area contributed by atoms with Gasteiger partial charge in [-0.15, -0.1) is 0 Å². The van der Waals surface area contributed by atoms with Gasteiger partial charge < -0.3 is 10.6 Å². The van der Waals surface area contributed by atoms with Crippen LogP contribution in [0.1, 0.15) is 68.3 Å². The van der Waals surface area contributed by atoms with E-state index in [9.17, 15) is 9.59 Å². The summed E-state index contributed by atoms with van der Waals surface area (Å²) >= 11 is 0. The fourth-order valence-electron chi connectivity index (χ4n) is 2.86. The first kappa shape index (κ1) is 17.4. The van der Waals surface area contributed by atoms with Crippen LogP contribution >= 0.6 is 0 Å². The van der Waals surface area contributed by atoms with Crippen LogP contribution in [0.5, 0.6) is 0 Å². The van der Waals surface area contributed by atoms with Crippen LogP contribution in [0.2, 0.25) is 0 Å². The van der Waals surface area contributed by atoms with Gasteiger partial charge in [0.1, 0.15) is 5.69 Å². The van der Waals surface area contributed by atoms with Crippen molar-refractivity contribution >= 4 is 11.8 Å². The third-order valence-corrected chi connectivity index (χ3v) is 4.13. The molecule has 0 aliphatic heterocycles. The molecule has 0 atom stereocenters. The number of rotatable bonds is 6. The summed E-state index contributed by atoms with van der Waals surface area (Å²) in [4.78, 5) is 31.5. The van der Waals surface area contributed by atoms with E-state index in [1.807, 2.05) is 0 Å². The molecule has 1 saturated carbocycles. The Bertz CT molecular complexity index is 485. The molecule has 6 heteroatoms. The van der Waals surface area contributed by atoms with Gasteiger partial charge in [-0.3, -0.25) is 14.6 Å². The van der Waals surface area contributed by atoms with E-state index in [0.717, 1.165) is 12.8 Å². The molecule has 6 nitrogen and oxygen atoms in total. The Kier molecular flexibility index (Phi) is 7.49. The molecule has 0 aromatic carbocycles. The highest BCUT2D eigenvalue weighted by Crippen LogP contribution is 2.17. The van der Waals surface area contributed by atoms with Crippen molar-refractivity contribution < 1.29 is 9.59 Å². The number of hydrogen-bond donors (Lipinski definition) is 2. The van der Waals surface area contributed by atoms with Crippen molar-refractivity contribution in [3.05, 3.63) is 24.3 Å². The van der Waals surface area contributed by atoms with Crippen LogP contribution in [0.3, 0.4) is 0 Å². The van der Waals surface area contributed by atoms with Crippen molar-refractivity contribution in [2.45, 2.75) is 63.8 Å². The number of carbonyl (C=O) groups is 2. The Labute approximate surface area is 137 Å². The Morgan fingerprint density at radius 3 is 2.52 bits per heavy atom. The topological polar surface area (TPSA) is 84.0 Å². The quantitative estimate of drug-likeness (QED) is 0.788. The summed E-state index contributed by atoms with van der Waals surface area (Å²) in [6.07, 6.45) is 14.0. The van der Waals surface area contributed by atoms with Crippen LogP contribution in [0.4, 0.5) is 0 Å². The second-order valence-corrected chi connectivity index (χ2v) is 6.06. The molecular weight excluding hydrogens is 292 g/mol. The van der Waals surface area contributed by atoms with Crippen LogP contribution in [0.25, 0.3) is 0 Å². The van der Waals surface area contributed by atoms with Crippen molar-refractivity contribution in [2.24, 2.45) is 0 Å². The zero-order chi connectivity index (χ0) is 16.3. The normalized spacial score (nSPS) is 16.2. The molecule has 2 rings (SSSR count). The van der Waals surface area contributed by atoms with E-state index >= 15 is 0 Å². The molecule has 1 fully saturated rings. The molecule has 0 spiro atoms. The lowest BCUT2D eigenvalue weighted by atomic mass is 9.96. The highest BCUT2D eigenvalue weighted by molar-refractivity contribution is 5.91. The van der Waals surface area contributed by atoms with Crippen LogP contribution in [0, 0.1) is 0 Å². The third-order valence-electron chi connectivity index (χ3n) is 4.13. The highest BCUT2D eigenvalue weighted by atomic mass is 16.2. The van der Waals surface area contributed by atoms with Crippen LogP contribution in [-0.2, 0) is 4.79 Å². The molecular formula is C17H26N4O2. The van der Waals surface area contributed by atoms with Gasteiger partial charge in [-0.05, 0) is 19.3 Å². The molecule has 1 heterocycles. The smallest absolute Gasteiger partial charge is 0.271 e. The number of amides is 2. The van der Waals surface area contributed by atoms with E-state index in [0.29, 0.717) is 31.1 Å². The lowest BCUT2D eigenvalue weighted by Gasteiger charge is -2.21. The van der Waals surface area contributed by atoms with E-state index in [1.54, 1.807) is 0 Å². The summed E-state index contributed by atoms with van der Waals surface area (Å²) in [5, 5.41) is 5.89. The van der Waals surface area contributed by atoms with E-state index in [2.05, 4.69) is 20.6 Å². The molecule has 0 radical (unpaired) electrons. The Morgan fingerprint density at radius 1 is 1.09 bits per heavy atom. The first-order valence-electron chi connectivity index (χ1n) is 8.59. The molecule has 126 valence electrons. The van der Waals surface area contributed by atoms with E-state index in [1.165, 1.54) is 50.7 Å². The summed E-state index contributed by atoms with van der Waals surface area (Å²) in [6, 6.07) is 0.331. The van der Waals surface area contributed by atoms with E-state index in [4.69, 9.17) is 0 Å². The standard InChI is InChI=1S/C17H26N4O2/c22-16(21-14-7-4-2-1-3-5-8-14)9-6-10-20-17(23)15-13-18-11-12-19-15/h11-14H,1-10H2,(H,20,23)(H,21,22). The minimum absolute atomic E-state index is 0.0873. The monoisotopic (exact) mass is 318 g/mol. The SMILES string of the molecule is O=C(CCCNC(=O)c1cnccn1)NC1CCCCCCC1. The van der Waals surface area contributed by atoms with Crippen molar-refractivity contribution in [1.29, 1.82) is 0 Å². The van der Waals surface area contributed by atoms with E-state index < -0.39 is 0 Å². The van der Waals surface area contributed by atoms with Gasteiger partial charge >= 0.3 is 0 Å². The first-order valence-corrected chi connectivity index (χ1v) is 8.59. The van der Waals surface area contributed by atoms with Crippen LogP contribution in [0.15, 0.2) is 18.6 Å². The fourth-order valence-corrected chi connectivity index (χ4v) is 2.86. The second kappa shape index (κ2) is 9.92. The minimum atomic E-state index is -0.251. The predicted molar refractivity (Wildman–Crippen MR) is 87.8 cm³/mol. The maximum Gasteiger partial charge on any atom is 0.271 e. The average Bonchev–Trinajstić information content (AvgIpc) is 2.54. The average molecular weight is 318 g/mol. The molecule has 0 bridgehead atoms. The summed E-state index contributed by atoms with van der Waals surface area (Å²) in [6.45, 7) is 0.466. The summed E-state index contributed by atoms with van der Waals surface area (Å²) in [5.74, 6) is -0.164.